The van der Waals surface area contributed by atoms with E-state index < -0.39 is 0 Å². The Labute approximate surface area is 151 Å². The third kappa shape index (κ3) is 5.40. The summed E-state index contributed by atoms with van der Waals surface area (Å²) in [4.78, 5) is 2.38. The standard InChI is InChI=1S/C22H30N2O/c1-18-7-2-3-11-22(18)20-9-4-8-19(15-20)16-23-12-6-14-24-13-5-10-21(25)17-24/h2-4,7-9,11,15,21,23,25H,5-6,10,12-14,16-17H2,1H3/t21-/m0/s1. The van der Waals surface area contributed by atoms with Crippen molar-refractivity contribution in [2.45, 2.75) is 38.8 Å². The number of aryl methyl sites for hydroxylation is 1. The third-order valence-electron chi connectivity index (χ3n) is 5.02. The lowest BCUT2D eigenvalue weighted by atomic mass is 9.99. The zero-order valence-electron chi connectivity index (χ0n) is 15.2. The Hall–Kier alpha value is -1.68. The number of nitrogens with zero attached hydrogens (tertiary/aromatic N) is 1. The number of likely N-dealkylation sites (tertiary alicyclic amines) is 1. The molecule has 1 atom stereocenters. The lowest BCUT2D eigenvalue weighted by Gasteiger charge is -2.29. The number of aliphatic hydroxyl groups is 1. The monoisotopic (exact) mass is 338 g/mol. The van der Waals surface area contributed by atoms with E-state index >= 15 is 0 Å². The van der Waals surface area contributed by atoms with Crippen molar-refractivity contribution in [2.24, 2.45) is 0 Å². The van der Waals surface area contributed by atoms with Crippen molar-refractivity contribution in [2.75, 3.05) is 26.2 Å². The number of piperidine rings is 1. The maximum atomic E-state index is 9.71. The molecule has 1 aliphatic rings. The topological polar surface area (TPSA) is 35.5 Å². The van der Waals surface area contributed by atoms with Crippen LogP contribution in [-0.4, -0.2) is 42.3 Å². The van der Waals surface area contributed by atoms with Crippen LogP contribution in [0.5, 0.6) is 0 Å². The Balaban J connectivity index is 1.44. The lowest BCUT2D eigenvalue weighted by molar-refractivity contribution is 0.0702. The maximum absolute atomic E-state index is 9.71. The minimum atomic E-state index is -0.120. The van der Waals surface area contributed by atoms with Gasteiger partial charge < -0.3 is 15.3 Å². The van der Waals surface area contributed by atoms with E-state index in [0.717, 1.165) is 52.0 Å². The van der Waals surface area contributed by atoms with Gasteiger partial charge in [-0.05, 0) is 74.1 Å². The maximum Gasteiger partial charge on any atom is 0.0667 e. The average molecular weight is 338 g/mol. The number of β-amino-alcohol motifs (C(OH)–C–C–N with tert-alkyl or cyclic N) is 1. The molecule has 0 saturated carbocycles. The predicted molar refractivity (Wildman–Crippen MR) is 105 cm³/mol. The van der Waals surface area contributed by atoms with Gasteiger partial charge in [-0.1, -0.05) is 42.5 Å². The van der Waals surface area contributed by atoms with Gasteiger partial charge in [-0.15, -0.1) is 0 Å². The number of nitrogens with one attached hydrogen (secondary N) is 1. The van der Waals surface area contributed by atoms with Gasteiger partial charge in [-0.25, -0.2) is 0 Å². The normalized spacial score (nSPS) is 18.4. The fourth-order valence-electron chi connectivity index (χ4n) is 3.64. The molecule has 0 spiro atoms. The van der Waals surface area contributed by atoms with Crippen molar-refractivity contribution in [3.63, 3.8) is 0 Å². The zero-order chi connectivity index (χ0) is 17.5. The van der Waals surface area contributed by atoms with Gasteiger partial charge in [-0.2, -0.15) is 0 Å². The molecule has 1 aliphatic heterocycles. The van der Waals surface area contributed by atoms with Gasteiger partial charge in [0.15, 0.2) is 0 Å². The fourth-order valence-corrected chi connectivity index (χ4v) is 3.64. The van der Waals surface area contributed by atoms with Crippen LogP contribution in [-0.2, 0) is 6.54 Å². The molecule has 1 heterocycles. The van der Waals surface area contributed by atoms with E-state index in [1.807, 2.05) is 0 Å². The first-order valence-electron chi connectivity index (χ1n) is 9.48. The van der Waals surface area contributed by atoms with Crippen LogP contribution in [0.25, 0.3) is 11.1 Å². The van der Waals surface area contributed by atoms with Crippen LogP contribution in [0, 0.1) is 6.92 Å². The molecule has 2 aromatic rings. The van der Waals surface area contributed by atoms with Crippen molar-refractivity contribution in [3.8, 4) is 11.1 Å². The van der Waals surface area contributed by atoms with Crippen molar-refractivity contribution >= 4 is 0 Å². The van der Waals surface area contributed by atoms with Crippen molar-refractivity contribution < 1.29 is 5.11 Å². The minimum Gasteiger partial charge on any atom is -0.392 e. The van der Waals surface area contributed by atoms with Crippen molar-refractivity contribution in [1.82, 2.24) is 10.2 Å². The number of hydrogen-bond acceptors (Lipinski definition) is 3. The summed E-state index contributed by atoms with van der Waals surface area (Å²) in [6.07, 6.45) is 3.10. The highest BCUT2D eigenvalue weighted by Crippen LogP contribution is 2.23. The summed E-state index contributed by atoms with van der Waals surface area (Å²) in [6.45, 7) is 7.14. The molecule has 2 N–H and O–H groups in total. The molecule has 0 aliphatic carbocycles. The van der Waals surface area contributed by atoms with Crippen molar-refractivity contribution in [1.29, 1.82) is 0 Å². The van der Waals surface area contributed by atoms with Gasteiger partial charge in [-0.3, -0.25) is 0 Å². The summed E-state index contributed by atoms with van der Waals surface area (Å²) in [5.74, 6) is 0. The summed E-state index contributed by atoms with van der Waals surface area (Å²) in [5.41, 5.74) is 5.25. The summed E-state index contributed by atoms with van der Waals surface area (Å²) >= 11 is 0. The first-order chi connectivity index (χ1) is 12.2. The van der Waals surface area contributed by atoms with Crippen LogP contribution in [0.4, 0.5) is 0 Å². The second-order valence-electron chi connectivity index (χ2n) is 7.14. The molecule has 3 heteroatoms. The van der Waals surface area contributed by atoms with Gasteiger partial charge in [0.25, 0.3) is 0 Å². The Morgan fingerprint density at radius 1 is 1.16 bits per heavy atom. The van der Waals surface area contributed by atoms with Crippen LogP contribution in [0.15, 0.2) is 48.5 Å². The van der Waals surface area contributed by atoms with Crippen molar-refractivity contribution in [3.05, 3.63) is 59.7 Å². The van der Waals surface area contributed by atoms with Gasteiger partial charge in [0.05, 0.1) is 6.10 Å². The first-order valence-corrected chi connectivity index (χ1v) is 9.48. The van der Waals surface area contributed by atoms with E-state index in [9.17, 15) is 5.11 Å². The smallest absolute Gasteiger partial charge is 0.0667 e. The quantitative estimate of drug-likeness (QED) is 0.757. The summed E-state index contributed by atoms with van der Waals surface area (Å²) in [6, 6.07) is 17.4. The molecule has 134 valence electrons. The Morgan fingerprint density at radius 3 is 2.88 bits per heavy atom. The van der Waals surface area contributed by atoms with Crippen LogP contribution < -0.4 is 5.32 Å². The second-order valence-corrected chi connectivity index (χ2v) is 7.14. The molecule has 3 nitrogen and oxygen atoms in total. The molecule has 25 heavy (non-hydrogen) atoms. The largest absolute Gasteiger partial charge is 0.392 e. The molecular formula is C22H30N2O. The van der Waals surface area contributed by atoms with Crippen LogP contribution in [0.2, 0.25) is 0 Å². The molecule has 0 bridgehead atoms. The number of hydrogen-bond donors (Lipinski definition) is 2. The molecule has 2 aromatic carbocycles. The Bertz CT molecular complexity index is 671. The molecule has 0 aromatic heterocycles. The molecule has 0 unspecified atom stereocenters. The highest BCUT2D eigenvalue weighted by molar-refractivity contribution is 5.67. The van der Waals surface area contributed by atoms with E-state index in [2.05, 4.69) is 65.7 Å². The van der Waals surface area contributed by atoms with E-state index in [0.29, 0.717) is 0 Å². The second kappa shape index (κ2) is 9.14. The van der Waals surface area contributed by atoms with E-state index in [-0.39, 0.29) is 6.10 Å². The van der Waals surface area contributed by atoms with Gasteiger partial charge in [0, 0.05) is 13.1 Å². The summed E-state index contributed by atoms with van der Waals surface area (Å²) in [7, 11) is 0. The lowest BCUT2D eigenvalue weighted by Crippen LogP contribution is -2.39. The number of rotatable bonds is 7. The fraction of sp³-hybridized carbons (Fsp3) is 0.455. The zero-order valence-corrected chi connectivity index (χ0v) is 15.2. The summed E-state index contributed by atoms with van der Waals surface area (Å²) < 4.78 is 0. The Morgan fingerprint density at radius 2 is 2.04 bits per heavy atom. The molecular weight excluding hydrogens is 308 g/mol. The molecule has 1 fully saturated rings. The Kier molecular flexibility index (Phi) is 6.62. The molecule has 0 radical (unpaired) electrons. The predicted octanol–water partition coefficient (Wildman–Crippen LogP) is 3.60. The average Bonchev–Trinajstić information content (AvgIpc) is 2.62. The highest BCUT2D eigenvalue weighted by atomic mass is 16.3. The molecule has 3 rings (SSSR count). The van der Waals surface area contributed by atoms with Crippen LogP contribution in [0.3, 0.4) is 0 Å². The van der Waals surface area contributed by atoms with E-state index in [1.54, 1.807) is 0 Å². The number of benzene rings is 2. The first kappa shape index (κ1) is 18.1. The van der Waals surface area contributed by atoms with Gasteiger partial charge >= 0.3 is 0 Å². The number of aliphatic hydroxyl groups excluding tert-OH is 1. The molecule has 0 amide bonds. The third-order valence-corrected chi connectivity index (χ3v) is 5.02. The van der Waals surface area contributed by atoms with Gasteiger partial charge in [0.2, 0.25) is 0 Å². The van der Waals surface area contributed by atoms with E-state index in [1.165, 1.54) is 22.3 Å². The molecule has 1 saturated heterocycles. The highest BCUT2D eigenvalue weighted by Gasteiger charge is 2.16. The van der Waals surface area contributed by atoms with Crippen LogP contribution in [0.1, 0.15) is 30.4 Å². The van der Waals surface area contributed by atoms with Gasteiger partial charge in [0.1, 0.15) is 0 Å². The SMILES string of the molecule is Cc1ccccc1-c1cccc(CNCCCN2CCC[C@H](O)C2)c1. The van der Waals surface area contributed by atoms with E-state index in [4.69, 9.17) is 0 Å². The van der Waals surface area contributed by atoms with Crippen LogP contribution >= 0.6 is 0 Å². The summed E-state index contributed by atoms with van der Waals surface area (Å²) in [5, 5.41) is 13.3. The minimum absolute atomic E-state index is 0.120.